The van der Waals surface area contributed by atoms with E-state index < -0.39 is 6.10 Å². The van der Waals surface area contributed by atoms with Crippen LogP contribution in [0.2, 0.25) is 0 Å². The van der Waals surface area contributed by atoms with Gasteiger partial charge in [-0.25, -0.2) is 0 Å². The first-order valence-corrected chi connectivity index (χ1v) is 9.07. The van der Waals surface area contributed by atoms with Crippen molar-refractivity contribution in [3.05, 3.63) is 88.8 Å². The van der Waals surface area contributed by atoms with Gasteiger partial charge in [0.1, 0.15) is 12.4 Å². The maximum absolute atomic E-state index is 12.6. The maximum atomic E-state index is 12.6. The number of fused-ring (bicyclic) bond motifs is 2. The van der Waals surface area contributed by atoms with Crippen molar-refractivity contribution in [2.45, 2.75) is 25.9 Å². The van der Waals surface area contributed by atoms with E-state index in [0.717, 1.165) is 33.4 Å². The highest BCUT2D eigenvalue weighted by atomic mass is 16.9. The molecule has 0 saturated heterocycles. The lowest BCUT2D eigenvalue weighted by Crippen LogP contribution is -2.20. The molecule has 3 aromatic rings. The largest absolute Gasteiger partial charge is 0.734 e. The number of carbonyl (C=O) groups is 1. The number of aldehydes is 1. The average molecular weight is 358 g/mol. The van der Waals surface area contributed by atoms with Crippen LogP contribution in [-0.2, 0) is 9.63 Å². The molecule has 0 bridgehead atoms. The Morgan fingerprint density at radius 2 is 1.70 bits per heavy atom. The molecule has 0 spiro atoms. The Hall–Kier alpha value is -2.95. The van der Waals surface area contributed by atoms with Crippen LogP contribution in [0.5, 0.6) is 0 Å². The summed E-state index contributed by atoms with van der Waals surface area (Å²) in [7, 11) is 0. The van der Waals surface area contributed by atoms with Crippen LogP contribution < -0.4 is 0 Å². The van der Waals surface area contributed by atoms with Crippen LogP contribution in [0, 0.1) is 5.21 Å². The smallest absolute Gasteiger partial charge is 0.149 e. The van der Waals surface area contributed by atoms with Crippen LogP contribution in [0.15, 0.2) is 78.0 Å². The zero-order valence-electron chi connectivity index (χ0n) is 15.1. The second kappa shape index (κ2) is 7.35. The molecule has 1 aliphatic rings. The lowest BCUT2D eigenvalue weighted by molar-refractivity contribution is -0.137. The molecule has 0 aliphatic heterocycles. The van der Waals surface area contributed by atoms with Crippen molar-refractivity contribution < 1.29 is 9.63 Å². The summed E-state index contributed by atoms with van der Waals surface area (Å²) in [5.41, 5.74) is 1.98. The monoisotopic (exact) mass is 358 g/mol. The van der Waals surface area contributed by atoms with Crippen molar-refractivity contribution in [2.75, 3.05) is 0 Å². The molecule has 0 aromatic heterocycles. The first kappa shape index (κ1) is 17.5. The lowest BCUT2D eigenvalue weighted by atomic mass is 9.94. The molecule has 136 valence electrons. The van der Waals surface area contributed by atoms with Crippen LogP contribution in [0.1, 0.15) is 31.4 Å². The fourth-order valence-corrected chi connectivity index (χ4v) is 3.69. The molecule has 0 N–H and O–H groups in total. The van der Waals surface area contributed by atoms with Gasteiger partial charge in [-0.05, 0) is 59.0 Å². The van der Waals surface area contributed by atoms with Gasteiger partial charge in [0.25, 0.3) is 0 Å². The summed E-state index contributed by atoms with van der Waals surface area (Å²) in [6.45, 7) is 1.89. The molecule has 1 atom stereocenters. The van der Waals surface area contributed by atoms with Gasteiger partial charge < -0.3 is 10.4 Å². The minimum Gasteiger partial charge on any atom is -0.734 e. The van der Waals surface area contributed by atoms with Crippen LogP contribution in [0.25, 0.3) is 21.5 Å². The first-order valence-electron chi connectivity index (χ1n) is 9.07. The number of benzene rings is 3. The molecule has 0 saturated carbocycles. The lowest BCUT2D eigenvalue weighted by Gasteiger charge is -2.35. The molecule has 0 heterocycles. The van der Waals surface area contributed by atoms with E-state index in [1.165, 1.54) is 0 Å². The standard InChI is InChI=1S/C23H20NO3/c1-16(27-24(26)20-10-6-7-17(13-20)15-25)23-21-11-4-2-8-18(21)14-19-9-3-5-12-22(19)23/h2-5,7-9,11-16H,6,10H2,1H3/q-1. The van der Waals surface area contributed by atoms with Crippen LogP contribution in [0.4, 0.5) is 0 Å². The van der Waals surface area contributed by atoms with Crippen LogP contribution in [0.3, 0.4) is 0 Å². The fraction of sp³-hybridized carbons (Fsp3) is 0.174. The van der Waals surface area contributed by atoms with Gasteiger partial charge in [-0.3, -0.25) is 9.63 Å². The zero-order chi connectivity index (χ0) is 18.8. The molecule has 27 heavy (non-hydrogen) atoms. The molecule has 1 aliphatic carbocycles. The number of hydroxylamine groups is 2. The number of hydrogen-bond donors (Lipinski definition) is 0. The molecule has 0 fully saturated rings. The van der Waals surface area contributed by atoms with E-state index in [9.17, 15) is 10.0 Å². The quantitative estimate of drug-likeness (QED) is 0.339. The summed E-state index contributed by atoms with van der Waals surface area (Å²) in [5.74, 6) is 0. The van der Waals surface area contributed by atoms with Crippen molar-refractivity contribution in [1.29, 1.82) is 0 Å². The minimum atomic E-state index is -0.440. The molecule has 4 nitrogen and oxygen atoms in total. The molecule has 0 amide bonds. The second-order valence-electron chi connectivity index (χ2n) is 6.73. The minimum absolute atomic E-state index is 0.440. The zero-order valence-corrected chi connectivity index (χ0v) is 15.1. The van der Waals surface area contributed by atoms with Crippen molar-refractivity contribution >= 4 is 27.8 Å². The molecule has 0 radical (unpaired) electrons. The summed E-state index contributed by atoms with van der Waals surface area (Å²) >= 11 is 0. The van der Waals surface area contributed by atoms with Crippen LogP contribution >= 0.6 is 0 Å². The fourth-order valence-electron chi connectivity index (χ4n) is 3.69. The van der Waals surface area contributed by atoms with Gasteiger partial charge in [-0.1, -0.05) is 54.6 Å². The Morgan fingerprint density at radius 1 is 1.07 bits per heavy atom. The third-order valence-electron chi connectivity index (χ3n) is 4.96. The maximum Gasteiger partial charge on any atom is 0.149 e. The topological polar surface area (TPSA) is 52.6 Å². The highest BCUT2D eigenvalue weighted by Crippen LogP contribution is 2.35. The van der Waals surface area contributed by atoms with Crippen LogP contribution in [-0.4, -0.2) is 11.5 Å². The predicted octanol–water partition coefficient (Wildman–Crippen LogP) is 5.59. The van der Waals surface area contributed by atoms with E-state index in [0.29, 0.717) is 29.3 Å². The number of carbonyl (C=O) groups excluding carboxylic acids is 1. The Bertz CT molecular complexity index is 1010. The molecule has 3 aromatic carbocycles. The van der Waals surface area contributed by atoms with Gasteiger partial charge in [-0.15, -0.1) is 0 Å². The summed E-state index contributed by atoms with van der Waals surface area (Å²) in [4.78, 5) is 16.7. The van der Waals surface area contributed by atoms with Gasteiger partial charge in [0.05, 0.1) is 0 Å². The third kappa shape index (κ3) is 3.37. The highest BCUT2D eigenvalue weighted by Gasteiger charge is 2.17. The summed E-state index contributed by atoms with van der Waals surface area (Å²) in [5, 5.41) is 17.5. The normalized spacial score (nSPS) is 15.3. The van der Waals surface area contributed by atoms with Gasteiger partial charge >= 0.3 is 0 Å². The van der Waals surface area contributed by atoms with E-state index >= 15 is 0 Å². The molecular weight excluding hydrogens is 338 g/mol. The number of allylic oxidation sites excluding steroid dienone is 4. The van der Waals surface area contributed by atoms with Crippen molar-refractivity contribution in [2.24, 2.45) is 0 Å². The van der Waals surface area contributed by atoms with Gasteiger partial charge in [0, 0.05) is 11.3 Å². The van der Waals surface area contributed by atoms with Crippen molar-refractivity contribution in [3.63, 3.8) is 0 Å². The first-order chi connectivity index (χ1) is 13.2. The number of rotatable bonds is 5. The Morgan fingerprint density at radius 3 is 2.33 bits per heavy atom. The average Bonchev–Trinajstić information content (AvgIpc) is 2.71. The summed E-state index contributed by atoms with van der Waals surface area (Å²) in [6, 6.07) is 18.4. The summed E-state index contributed by atoms with van der Waals surface area (Å²) in [6.07, 6.45) is 4.96. The molecule has 4 rings (SSSR count). The number of nitrogens with zero attached hydrogens (tertiary/aromatic N) is 1. The second-order valence-corrected chi connectivity index (χ2v) is 6.73. The van der Waals surface area contributed by atoms with E-state index in [1.807, 2.05) is 37.3 Å². The van der Waals surface area contributed by atoms with E-state index in [1.54, 1.807) is 6.08 Å². The number of hydrogen-bond acceptors (Lipinski definition) is 4. The van der Waals surface area contributed by atoms with E-state index in [2.05, 4.69) is 30.3 Å². The van der Waals surface area contributed by atoms with Crippen molar-refractivity contribution in [1.82, 2.24) is 5.23 Å². The molecular formula is C23H20NO3-. The highest BCUT2D eigenvalue weighted by molar-refractivity contribution is 6.02. The van der Waals surface area contributed by atoms with Crippen molar-refractivity contribution in [3.8, 4) is 0 Å². The predicted molar refractivity (Wildman–Crippen MR) is 108 cm³/mol. The Balaban J connectivity index is 1.73. The van der Waals surface area contributed by atoms with Gasteiger partial charge in [0.2, 0.25) is 0 Å². The Kier molecular flexibility index (Phi) is 4.75. The third-order valence-corrected chi connectivity index (χ3v) is 4.96. The van der Waals surface area contributed by atoms with E-state index in [4.69, 9.17) is 4.84 Å². The Labute approximate surface area is 157 Å². The van der Waals surface area contributed by atoms with E-state index in [-0.39, 0.29) is 0 Å². The summed E-state index contributed by atoms with van der Waals surface area (Å²) < 4.78 is 0. The van der Waals surface area contributed by atoms with Gasteiger partial charge in [-0.2, -0.15) is 0 Å². The molecule has 1 unspecified atom stereocenters. The van der Waals surface area contributed by atoms with Gasteiger partial charge in [0.15, 0.2) is 0 Å². The molecule has 4 heteroatoms. The SMILES string of the molecule is CC(ON([O-])C1=CC(C=O)=CCC1)c1c2ccccc2cc2ccccc12.